The van der Waals surface area contributed by atoms with E-state index in [0.29, 0.717) is 6.61 Å². The highest BCUT2D eigenvalue weighted by atomic mass is 16.5. The Kier molecular flexibility index (Phi) is 5.15. The summed E-state index contributed by atoms with van der Waals surface area (Å²) >= 11 is 0. The van der Waals surface area contributed by atoms with Crippen molar-refractivity contribution < 1.29 is 9.84 Å². The van der Waals surface area contributed by atoms with Gasteiger partial charge in [0.2, 0.25) is 0 Å². The van der Waals surface area contributed by atoms with Crippen LogP contribution in [-0.4, -0.2) is 27.1 Å². The summed E-state index contributed by atoms with van der Waals surface area (Å²) in [6, 6.07) is 1.87. The van der Waals surface area contributed by atoms with Gasteiger partial charge in [-0.25, -0.2) is 0 Å². The number of nitrogens with zero attached hydrogens (tertiary/aromatic N) is 2. The van der Waals surface area contributed by atoms with E-state index in [0.717, 1.165) is 25.1 Å². The van der Waals surface area contributed by atoms with Gasteiger partial charge in [-0.1, -0.05) is 13.8 Å². The number of ether oxygens (including phenoxy) is 1. The lowest BCUT2D eigenvalue weighted by atomic mass is 9.93. The molecule has 0 saturated heterocycles. The highest BCUT2D eigenvalue weighted by Gasteiger charge is 2.34. The predicted octanol–water partition coefficient (Wildman–Crippen LogP) is 2.53. The van der Waals surface area contributed by atoms with E-state index in [1.807, 2.05) is 31.5 Å². The van der Waals surface area contributed by atoms with Crippen LogP contribution in [0, 0.1) is 0 Å². The molecule has 1 rings (SSSR count). The minimum Gasteiger partial charge on any atom is -0.384 e. The highest BCUT2D eigenvalue weighted by Crippen LogP contribution is 2.31. The molecule has 4 nitrogen and oxygen atoms in total. The van der Waals surface area contributed by atoms with Gasteiger partial charge in [0.25, 0.3) is 0 Å². The van der Waals surface area contributed by atoms with Gasteiger partial charge in [0.1, 0.15) is 6.10 Å². The first-order valence-corrected chi connectivity index (χ1v) is 6.42. The van der Waals surface area contributed by atoms with Crippen LogP contribution in [0.25, 0.3) is 0 Å². The molecular weight excluding hydrogens is 216 g/mol. The summed E-state index contributed by atoms with van der Waals surface area (Å²) < 4.78 is 7.56. The molecule has 0 aliphatic heterocycles. The number of hydrogen-bond donors (Lipinski definition) is 1. The average molecular weight is 240 g/mol. The van der Waals surface area contributed by atoms with Gasteiger partial charge in [-0.3, -0.25) is 4.68 Å². The number of aromatic nitrogens is 2. The molecule has 0 spiro atoms. The van der Waals surface area contributed by atoms with Crippen LogP contribution < -0.4 is 0 Å². The standard InChI is InChI=1S/C13H24N2O2/c1-5-10-15-11(8-9-14-15)12(16)13(4,6-2)17-7-3/h8-9,12,16H,5-7,10H2,1-4H3. The molecule has 0 saturated carbocycles. The quantitative estimate of drug-likeness (QED) is 0.796. The van der Waals surface area contributed by atoms with Crippen LogP contribution in [0.15, 0.2) is 12.3 Å². The second-order valence-corrected chi connectivity index (χ2v) is 4.48. The van der Waals surface area contributed by atoms with Crippen LogP contribution in [0.5, 0.6) is 0 Å². The number of aliphatic hydroxyl groups is 1. The topological polar surface area (TPSA) is 47.3 Å². The van der Waals surface area contributed by atoms with E-state index in [4.69, 9.17) is 4.74 Å². The molecule has 0 bridgehead atoms. The summed E-state index contributed by atoms with van der Waals surface area (Å²) in [6.07, 6.45) is 2.86. The van der Waals surface area contributed by atoms with Crippen molar-refractivity contribution in [2.45, 2.75) is 58.8 Å². The first kappa shape index (κ1) is 14.2. The molecule has 0 fully saturated rings. The van der Waals surface area contributed by atoms with Crippen molar-refractivity contribution in [3.63, 3.8) is 0 Å². The van der Waals surface area contributed by atoms with Gasteiger partial charge in [-0.2, -0.15) is 5.10 Å². The summed E-state index contributed by atoms with van der Waals surface area (Å²) in [7, 11) is 0. The molecular formula is C13H24N2O2. The second-order valence-electron chi connectivity index (χ2n) is 4.48. The summed E-state index contributed by atoms with van der Waals surface area (Å²) in [6.45, 7) is 9.45. The van der Waals surface area contributed by atoms with Gasteiger partial charge < -0.3 is 9.84 Å². The zero-order valence-electron chi connectivity index (χ0n) is 11.3. The Morgan fingerprint density at radius 2 is 2.18 bits per heavy atom. The van der Waals surface area contributed by atoms with E-state index in [2.05, 4.69) is 12.0 Å². The van der Waals surface area contributed by atoms with Crippen molar-refractivity contribution in [1.82, 2.24) is 9.78 Å². The molecule has 0 aromatic carbocycles. The van der Waals surface area contributed by atoms with Crippen LogP contribution in [-0.2, 0) is 11.3 Å². The fourth-order valence-corrected chi connectivity index (χ4v) is 1.99. The van der Waals surface area contributed by atoms with E-state index in [9.17, 15) is 5.11 Å². The van der Waals surface area contributed by atoms with Crippen LogP contribution >= 0.6 is 0 Å². The number of aryl methyl sites for hydroxylation is 1. The molecule has 1 heterocycles. The number of rotatable bonds is 7. The SMILES string of the molecule is CCCn1nccc1C(O)C(C)(CC)OCC. The molecule has 17 heavy (non-hydrogen) atoms. The Morgan fingerprint density at radius 3 is 2.71 bits per heavy atom. The van der Waals surface area contributed by atoms with Crippen molar-refractivity contribution in [1.29, 1.82) is 0 Å². The second kappa shape index (κ2) is 6.17. The number of aliphatic hydroxyl groups excluding tert-OH is 1. The minimum atomic E-state index is -0.638. The van der Waals surface area contributed by atoms with E-state index >= 15 is 0 Å². The molecule has 1 aromatic rings. The Bertz CT molecular complexity index is 338. The van der Waals surface area contributed by atoms with Crippen molar-refractivity contribution >= 4 is 0 Å². The summed E-state index contributed by atoms with van der Waals surface area (Å²) in [5.74, 6) is 0. The maximum atomic E-state index is 10.5. The summed E-state index contributed by atoms with van der Waals surface area (Å²) in [4.78, 5) is 0. The molecule has 0 aliphatic carbocycles. The third kappa shape index (κ3) is 3.07. The van der Waals surface area contributed by atoms with Gasteiger partial charge in [0, 0.05) is 19.3 Å². The Hall–Kier alpha value is -0.870. The average Bonchev–Trinajstić information content (AvgIpc) is 2.77. The third-order valence-corrected chi connectivity index (χ3v) is 3.22. The smallest absolute Gasteiger partial charge is 0.124 e. The van der Waals surface area contributed by atoms with Gasteiger partial charge in [0.15, 0.2) is 0 Å². The molecule has 2 unspecified atom stereocenters. The van der Waals surface area contributed by atoms with Crippen LogP contribution in [0.1, 0.15) is 52.3 Å². The molecule has 2 atom stereocenters. The lowest BCUT2D eigenvalue weighted by molar-refractivity contribution is -0.115. The largest absolute Gasteiger partial charge is 0.384 e. The first-order chi connectivity index (χ1) is 8.09. The summed E-state index contributed by atoms with van der Waals surface area (Å²) in [5, 5.41) is 14.7. The molecule has 0 amide bonds. The molecule has 98 valence electrons. The lowest BCUT2D eigenvalue weighted by Gasteiger charge is -2.33. The first-order valence-electron chi connectivity index (χ1n) is 6.42. The van der Waals surface area contributed by atoms with Gasteiger partial charge >= 0.3 is 0 Å². The van der Waals surface area contributed by atoms with Crippen molar-refractivity contribution in [2.75, 3.05) is 6.61 Å². The van der Waals surface area contributed by atoms with E-state index in [1.165, 1.54) is 0 Å². The Balaban J connectivity index is 2.92. The molecule has 0 radical (unpaired) electrons. The fourth-order valence-electron chi connectivity index (χ4n) is 1.99. The number of hydrogen-bond acceptors (Lipinski definition) is 3. The van der Waals surface area contributed by atoms with Crippen molar-refractivity contribution in [2.24, 2.45) is 0 Å². The van der Waals surface area contributed by atoms with Crippen LogP contribution in [0.2, 0.25) is 0 Å². The molecule has 4 heteroatoms. The predicted molar refractivity (Wildman–Crippen MR) is 67.8 cm³/mol. The van der Waals surface area contributed by atoms with Crippen LogP contribution in [0.4, 0.5) is 0 Å². The van der Waals surface area contributed by atoms with E-state index < -0.39 is 11.7 Å². The maximum Gasteiger partial charge on any atom is 0.124 e. The monoisotopic (exact) mass is 240 g/mol. The van der Waals surface area contributed by atoms with E-state index in [1.54, 1.807) is 6.20 Å². The maximum absolute atomic E-state index is 10.5. The zero-order chi connectivity index (χ0) is 12.9. The third-order valence-electron chi connectivity index (χ3n) is 3.22. The van der Waals surface area contributed by atoms with Crippen molar-refractivity contribution in [3.8, 4) is 0 Å². The lowest BCUT2D eigenvalue weighted by Crippen LogP contribution is -2.36. The van der Waals surface area contributed by atoms with Crippen LogP contribution in [0.3, 0.4) is 0 Å². The van der Waals surface area contributed by atoms with Gasteiger partial charge in [-0.05, 0) is 32.8 Å². The molecule has 1 N–H and O–H groups in total. The summed E-state index contributed by atoms with van der Waals surface area (Å²) in [5.41, 5.74) is 0.296. The molecule has 0 aliphatic rings. The minimum absolute atomic E-state index is 0.541. The van der Waals surface area contributed by atoms with Gasteiger partial charge in [0.05, 0.1) is 11.3 Å². The Morgan fingerprint density at radius 1 is 1.47 bits per heavy atom. The zero-order valence-corrected chi connectivity index (χ0v) is 11.3. The van der Waals surface area contributed by atoms with Crippen molar-refractivity contribution in [3.05, 3.63) is 18.0 Å². The Labute approximate surface area is 104 Å². The molecule has 1 aromatic heterocycles. The highest BCUT2D eigenvalue weighted by molar-refractivity contribution is 5.09. The fraction of sp³-hybridized carbons (Fsp3) is 0.769. The van der Waals surface area contributed by atoms with E-state index in [-0.39, 0.29) is 0 Å². The normalized spacial score (nSPS) is 16.8. The van der Waals surface area contributed by atoms with Gasteiger partial charge in [-0.15, -0.1) is 0 Å².